The van der Waals surface area contributed by atoms with Crippen LogP contribution in [0.3, 0.4) is 0 Å². The predicted octanol–water partition coefficient (Wildman–Crippen LogP) is 5.88. The molecule has 134 valence electrons. The molecule has 0 bridgehead atoms. The van der Waals surface area contributed by atoms with E-state index in [1.165, 1.54) is 11.3 Å². The van der Waals surface area contributed by atoms with Crippen molar-refractivity contribution < 1.29 is 9.53 Å². The highest BCUT2D eigenvalue weighted by atomic mass is 35.5. The average Bonchev–Trinajstić information content (AvgIpc) is 3.16. The maximum absolute atomic E-state index is 12.6. The molecule has 0 aliphatic rings. The number of nitrogens with zero attached hydrogens (tertiary/aromatic N) is 1. The number of carbonyl (C=O) groups is 1. The zero-order chi connectivity index (χ0) is 18.8. The van der Waals surface area contributed by atoms with Gasteiger partial charge in [-0.2, -0.15) is 0 Å². The molecular weight excluding hydrogens is 380 g/mol. The average molecular weight is 395 g/mol. The molecule has 1 N–H and O–H groups in total. The van der Waals surface area contributed by atoms with Crippen LogP contribution >= 0.6 is 22.9 Å². The zero-order valence-electron chi connectivity index (χ0n) is 14.4. The first kappa shape index (κ1) is 17.5. The third-order valence-corrected chi connectivity index (χ3v) is 5.24. The molecule has 6 heteroatoms. The van der Waals surface area contributed by atoms with Crippen molar-refractivity contribution in [2.45, 2.75) is 0 Å². The van der Waals surface area contributed by atoms with E-state index in [-0.39, 0.29) is 5.91 Å². The van der Waals surface area contributed by atoms with Crippen molar-refractivity contribution in [3.8, 4) is 17.0 Å². The smallest absolute Gasteiger partial charge is 0.257 e. The van der Waals surface area contributed by atoms with Crippen LogP contribution in [0.4, 0.5) is 5.13 Å². The van der Waals surface area contributed by atoms with Crippen molar-refractivity contribution in [3.05, 3.63) is 76.6 Å². The summed E-state index contributed by atoms with van der Waals surface area (Å²) >= 11 is 7.55. The minimum atomic E-state index is -0.186. The maximum atomic E-state index is 12.6. The standard InChI is InChI=1S/C21H15ClN2O2S/c1-26-19-9-8-15(11-17(19)22)18-12-27-21(23-18)24-20(25)16-7-6-13-4-2-3-5-14(13)10-16/h2-12H,1H3,(H,23,24,25). The molecule has 0 aliphatic heterocycles. The van der Waals surface area contributed by atoms with E-state index in [9.17, 15) is 4.79 Å². The first-order chi connectivity index (χ1) is 13.1. The van der Waals surface area contributed by atoms with Crippen LogP contribution in [-0.2, 0) is 0 Å². The number of fused-ring (bicyclic) bond motifs is 1. The van der Waals surface area contributed by atoms with Crippen molar-refractivity contribution >= 4 is 44.7 Å². The molecule has 3 aromatic carbocycles. The minimum Gasteiger partial charge on any atom is -0.495 e. The lowest BCUT2D eigenvalue weighted by atomic mass is 10.1. The highest BCUT2D eigenvalue weighted by Crippen LogP contribution is 2.32. The van der Waals surface area contributed by atoms with Crippen LogP contribution in [0.15, 0.2) is 66.0 Å². The first-order valence-corrected chi connectivity index (χ1v) is 9.49. The molecule has 0 fully saturated rings. The van der Waals surface area contributed by atoms with Crippen LogP contribution < -0.4 is 10.1 Å². The van der Waals surface area contributed by atoms with Crippen molar-refractivity contribution in [1.29, 1.82) is 0 Å². The van der Waals surface area contributed by atoms with Gasteiger partial charge in [0.05, 0.1) is 17.8 Å². The molecule has 0 radical (unpaired) electrons. The van der Waals surface area contributed by atoms with Crippen LogP contribution in [0.2, 0.25) is 5.02 Å². The summed E-state index contributed by atoms with van der Waals surface area (Å²) in [6.45, 7) is 0. The topological polar surface area (TPSA) is 51.2 Å². The molecule has 0 saturated heterocycles. The largest absolute Gasteiger partial charge is 0.495 e. The fourth-order valence-electron chi connectivity index (χ4n) is 2.79. The summed E-state index contributed by atoms with van der Waals surface area (Å²) < 4.78 is 5.17. The second kappa shape index (κ2) is 7.39. The highest BCUT2D eigenvalue weighted by Gasteiger charge is 2.12. The first-order valence-electron chi connectivity index (χ1n) is 8.23. The third-order valence-electron chi connectivity index (χ3n) is 4.18. The van der Waals surface area contributed by atoms with Crippen molar-refractivity contribution in [1.82, 2.24) is 4.98 Å². The van der Waals surface area contributed by atoms with Gasteiger partial charge in [-0.1, -0.05) is 41.9 Å². The molecule has 0 atom stereocenters. The quantitative estimate of drug-likeness (QED) is 0.470. The number of hydrogen-bond acceptors (Lipinski definition) is 4. The van der Waals surface area contributed by atoms with Crippen LogP contribution in [0.1, 0.15) is 10.4 Å². The Labute approximate surface area is 165 Å². The van der Waals surface area contributed by atoms with Gasteiger partial charge in [0.15, 0.2) is 5.13 Å². The van der Waals surface area contributed by atoms with Crippen molar-refractivity contribution in [2.24, 2.45) is 0 Å². The van der Waals surface area contributed by atoms with Gasteiger partial charge in [-0.25, -0.2) is 4.98 Å². The minimum absolute atomic E-state index is 0.186. The molecule has 1 amide bonds. The number of anilines is 1. The molecule has 0 unspecified atom stereocenters. The van der Waals surface area contributed by atoms with Crippen LogP contribution in [0.5, 0.6) is 5.75 Å². The number of amides is 1. The maximum Gasteiger partial charge on any atom is 0.257 e. The van der Waals surface area contributed by atoms with Gasteiger partial charge < -0.3 is 4.74 Å². The Morgan fingerprint density at radius 3 is 2.67 bits per heavy atom. The second-order valence-corrected chi connectivity index (χ2v) is 7.17. The van der Waals surface area contributed by atoms with E-state index in [0.717, 1.165) is 22.0 Å². The van der Waals surface area contributed by atoms with Crippen LogP contribution in [0.25, 0.3) is 22.0 Å². The lowest BCUT2D eigenvalue weighted by molar-refractivity contribution is 0.102. The molecular formula is C21H15ClN2O2S. The number of ether oxygens (including phenoxy) is 1. The third kappa shape index (κ3) is 3.65. The van der Waals surface area contributed by atoms with Crippen LogP contribution in [0, 0.1) is 0 Å². The lowest BCUT2D eigenvalue weighted by Crippen LogP contribution is -2.11. The number of benzene rings is 3. The van der Waals surface area contributed by atoms with Gasteiger partial charge in [-0.3, -0.25) is 10.1 Å². The van der Waals surface area contributed by atoms with Crippen molar-refractivity contribution in [3.63, 3.8) is 0 Å². The molecule has 1 heterocycles. The normalized spacial score (nSPS) is 10.7. The Morgan fingerprint density at radius 1 is 1.07 bits per heavy atom. The summed E-state index contributed by atoms with van der Waals surface area (Å²) in [4.78, 5) is 17.1. The summed E-state index contributed by atoms with van der Waals surface area (Å²) in [7, 11) is 1.57. The Bertz CT molecular complexity index is 1140. The second-order valence-electron chi connectivity index (χ2n) is 5.90. The number of carbonyl (C=O) groups excluding carboxylic acids is 1. The van der Waals surface area contributed by atoms with Gasteiger partial charge in [0.2, 0.25) is 0 Å². The van der Waals surface area contributed by atoms with E-state index in [1.807, 2.05) is 53.9 Å². The predicted molar refractivity (Wildman–Crippen MR) is 111 cm³/mol. The number of aromatic nitrogens is 1. The number of hydrogen-bond donors (Lipinski definition) is 1. The van der Waals surface area contributed by atoms with E-state index in [1.54, 1.807) is 19.2 Å². The Balaban J connectivity index is 1.54. The number of methoxy groups -OCH3 is 1. The van der Waals surface area contributed by atoms with Crippen molar-refractivity contribution in [2.75, 3.05) is 12.4 Å². The molecule has 0 aliphatic carbocycles. The van der Waals surface area contributed by atoms with E-state index in [4.69, 9.17) is 16.3 Å². The molecule has 4 nitrogen and oxygen atoms in total. The fourth-order valence-corrected chi connectivity index (χ4v) is 3.76. The summed E-state index contributed by atoms with van der Waals surface area (Å²) in [6, 6.07) is 19.0. The molecule has 0 saturated carbocycles. The summed E-state index contributed by atoms with van der Waals surface area (Å²) in [5, 5.41) is 7.92. The number of rotatable bonds is 4. The monoisotopic (exact) mass is 394 g/mol. The van der Waals surface area contributed by atoms with Gasteiger partial charge in [0.25, 0.3) is 5.91 Å². The Kier molecular flexibility index (Phi) is 4.79. The number of nitrogens with one attached hydrogen (secondary N) is 1. The molecule has 27 heavy (non-hydrogen) atoms. The van der Waals surface area contributed by atoms with Crippen LogP contribution in [-0.4, -0.2) is 18.0 Å². The summed E-state index contributed by atoms with van der Waals surface area (Å²) in [5.74, 6) is 0.426. The van der Waals surface area contributed by atoms with Gasteiger partial charge in [0, 0.05) is 16.5 Å². The van der Waals surface area contributed by atoms with E-state index in [2.05, 4.69) is 10.3 Å². The van der Waals surface area contributed by atoms with Gasteiger partial charge in [-0.05, 0) is 41.1 Å². The molecule has 4 aromatic rings. The number of halogens is 1. The fraction of sp³-hybridized carbons (Fsp3) is 0.0476. The van der Waals surface area contributed by atoms with Gasteiger partial charge in [-0.15, -0.1) is 11.3 Å². The SMILES string of the molecule is COc1ccc(-c2csc(NC(=O)c3ccc4ccccc4c3)n2)cc1Cl. The number of thiazole rings is 1. The highest BCUT2D eigenvalue weighted by molar-refractivity contribution is 7.14. The Hall–Kier alpha value is -2.89. The molecule has 0 spiro atoms. The lowest BCUT2D eigenvalue weighted by Gasteiger charge is -2.05. The van der Waals surface area contributed by atoms with E-state index in [0.29, 0.717) is 21.5 Å². The summed E-state index contributed by atoms with van der Waals surface area (Å²) in [6.07, 6.45) is 0. The van der Waals surface area contributed by atoms with E-state index >= 15 is 0 Å². The van der Waals surface area contributed by atoms with Gasteiger partial charge in [0.1, 0.15) is 5.75 Å². The van der Waals surface area contributed by atoms with E-state index < -0.39 is 0 Å². The zero-order valence-corrected chi connectivity index (χ0v) is 16.0. The molecule has 4 rings (SSSR count). The van der Waals surface area contributed by atoms with Gasteiger partial charge >= 0.3 is 0 Å². The Morgan fingerprint density at radius 2 is 1.89 bits per heavy atom. The summed E-state index contributed by atoms with van der Waals surface area (Å²) in [5.41, 5.74) is 2.21. The molecule has 1 aromatic heterocycles.